The molecule has 0 aliphatic carbocycles. The van der Waals surface area contributed by atoms with Crippen LogP contribution in [0, 0.1) is 5.82 Å². The lowest BCUT2D eigenvalue weighted by Gasteiger charge is -2.34. The fourth-order valence-corrected chi connectivity index (χ4v) is 3.73. The maximum atomic E-state index is 13.9. The molecule has 29 heavy (non-hydrogen) atoms. The van der Waals surface area contributed by atoms with Crippen molar-refractivity contribution in [1.82, 2.24) is 14.8 Å². The van der Waals surface area contributed by atoms with Crippen LogP contribution in [-0.4, -0.2) is 59.6 Å². The van der Waals surface area contributed by atoms with Crippen LogP contribution in [0.3, 0.4) is 0 Å². The number of piperazine rings is 1. The second-order valence-electron chi connectivity index (χ2n) is 7.04. The molecule has 8 heteroatoms. The van der Waals surface area contributed by atoms with Gasteiger partial charge in [-0.2, -0.15) is 0 Å². The molecule has 1 N–H and O–H groups in total. The van der Waals surface area contributed by atoms with Gasteiger partial charge >= 0.3 is 0 Å². The Morgan fingerprint density at radius 3 is 2.38 bits per heavy atom. The number of amides is 2. The van der Waals surface area contributed by atoms with Gasteiger partial charge in [0.25, 0.3) is 11.8 Å². The third-order valence-electron chi connectivity index (χ3n) is 5.31. The van der Waals surface area contributed by atoms with E-state index in [2.05, 4.69) is 4.98 Å². The number of aromatic nitrogens is 1. The Labute approximate surface area is 165 Å². The van der Waals surface area contributed by atoms with E-state index in [1.54, 1.807) is 40.1 Å². The van der Waals surface area contributed by atoms with E-state index in [-0.39, 0.29) is 24.4 Å². The first-order valence-corrected chi connectivity index (χ1v) is 9.35. The monoisotopic (exact) mass is 395 g/mol. The second-order valence-corrected chi connectivity index (χ2v) is 7.04. The molecule has 1 fully saturated rings. The maximum Gasteiger partial charge on any atom is 0.270 e. The Balaban J connectivity index is 1.26. The lowest BCUT2D eigenvalue weighted by atomic mass is 10.1. The van der Waals surface area contributed by atoms with E-state index in [1.807, 2.05) is 0 Å². The zero-order valence-corrected chi connectivity index (χ0v) is 15.5. The Kier molecular flexibility index (Phi) is 4.12. The van der Waals surface area contributed by atoms with Crippen molar-refractivity contribution in [3.05, 3.63) is 59.5 Å². The Morgan fingerprint density at radius 2 is 1.62 bits per heavy atom. The number of fused-ring (bicyclic) bond motifs is 2. The van der Waals surface area contributed by atoms with Crippen LogP contribution in [0.4, 0.5) is 4.39 Å². The molecule has 7 nitrogen and oxygen atoms in total. The van der Waals surface area contributed by atoms with Crippen LogP contribution in [0.1, 0.15) is 20.8 Å². The summed E-state index contributed by atoms with van der Waals surface area (Å²) in [5, 5.41) is 0.396. The van der Waals surface area contributed by atoms with E-state index in [4.69, 9.17) is 9.47 Å². The Bertz CT molecular complexity index is 1120. The van der Waals surface area contributed by atoms with Gasteiger partial charge in [0.05, 0.1) is 0 Å². The van der Waals surface area contributed by atoms with Gasteiger partial charge in [0.15, 0.2) is 11.5 Å². The first-order chi connectivity index (χ1) is 14.1. The van der Waals surface area contributed by atoms with Crippen molar-refractivity contribution in [2.24, 2.45) is 0 Å². The smallest absolute Gasteiger partial charge is 0.270 e. The van der Waals surface area contributed by atoms with E-state index in [1.165, 1.54) is 12.1 Å². The lowest BCUT2D eigenvalue weighted by molar-refractivity contribution is 0.0532. The summed E-state index contributed by atoms with van der Waals surface area (Å²) in [6.45, 7) is 1.83. The van der Waals surface area contributed by atoms with Crippen molar-refractivity contribution >= 4 is 22.7 Å². The summed E-state index contributed by atoms with van der Waals surface area (Å²) in [5.74, 6) is 0.526. The fourth-order valence-electron chi connectivity index (χ4n) is 3.73. The number of H-pyrrole nitrogens is 1. The molecule has 0 unspecified atom stereocenters. The third kappa shape index (κ3) is 3.06. The summed E-state index contributed by atoms with van der Waals surface area (Å²) in [5.41, 5.74) is 1.46. The molecule has 2 aliphatic rings. The third-order valence-corrected chi connectivity index (χ3v) is 5.31. The molecule has 148 valence electrons. The summed E-state index contributed by atoms with van der Waals surface area (Å²) < 4.78 is 24.5. The van der Waals surface area contributed by atoms with Gasteiger partial charge in [-0.15, -0.1) is 0 Å². The molecule has 1 saturated heterocycles. The van der Waals surface area contributed by atoms with Crippen molar-refractivity contribution in [2.75, 3.05) is 33.0 Å². The highest BCUT2D eigenvalue weighted by Gasteiger charge is 2.27. The summed E-state index contributed by atoms with van der Waals surface area (Å²) in [6, 6.07) is 11.4. The first-order valence-electron chi connectivity index (χ1n) is 9.35. The fraction of sp³-hybridized carbons (Fsp3) is 0.238. The molecule has 0 bridgehead atoms. The molecule has 0 radical (unpaired) electrons. The SMILES string of the molecule is O=C(c1ccc2c(c1)OCO2)N1CCN(C(=O)c2cc3c(F)cccc3[nH]2)CC1. The number of benzene rings is 2. The van der Waals surface area contributed by atoms with Gasteiger partial charge in [-0.1, -0.05) is 6.07 Å². The predicted molar refractivity (Wildman–Crippen MR) is 103 cm³/mol. The van der Waals surface area contributed by atoms with Crippen LogP contribution in [0.25, 0.3) is 10.9 Å². The zero-order chi connectivity index (χ0) is 20.0. The molecular weight excluding hydrogens is 377 g/mol. The van der Waals surface area contributed by atoms with Crippen molar-refractivity contribution < 1.29 is 23.5 Å². The highest BCUT2D eigenvalue weighted by Crippen LogP contribution is 2.33. The van der Waals surface area contributed by atoms with Crippen LogP contribution in [0.15, 0.2) is 42.5 Å². The highest BCUT2D eigenvalue weighted by molar-refractivity contribution is 5.99. The lowest BCUT2D eigenvalue weighted by Crippen LogP contribution is -2.50. The molecule has 0 spiro atoms. The maximum absolute atomic E-state index is 13.9. The van der Waals surface area contributed by atoms with Gasteiger partial charge in [0.1, 0.15) is 11.5 Å². The molecule has 3 aromatic rings. The second kappa shape index (κ2) is 6.80. The molecule has 1 aromatic heterocycles. The molecule has 0 atom stereocenters. The van der Waals surface area contributed by atoms with Gasteiger partial charge in [-0.25, -0.2) is 4.39 Å². The number of nitrogens with zero attached hydrogens (tertiary/aromatic N) is 2. The standard InChI is InChI=1S/C21H18FN3O4/c22-15-2-1-3-16-14(15)11-17(23-16)21(27)25-8-6-24(7-9-25)20(26)13-4-5-18-19(10-13)29-12-28-18/h1-5,10-11,23H,6-9,12H2. The van der Waals surface area contributed by atoms with E-state index in [0.717, 1.165) is 0 Å². The Hall–Kier alpha value is -3.55. The number of carbonyl (C=O) groups excluding carboxylic acids is 2. The van der Waals surface area contributed by atoms with Gasteiger partial charge in [-0.3, -0.25) is 9.59 Å². The number of halogens is 1. The van der Waals surface area contributed by atoms with E-state index in [9.17, 15) is 14.0 Å². The Morgan fingerprint density at radius 1 is 0.897 bits per heavy atom. The summed E-state index contributed by atoms with van der Waals surface area (Å²) >= 11 is 0. The molecule has 2 aliphatic heterocycles. The van der Waals surface area contributed by atoms with Crippen LogP contribution in [-0.2, 0) is 0 Å². The van der Waals surface area contributed by atoms with Crippen LogP contribution in [0.5, 0.6) is 11.5 Å². The molecule has 2 aromatic carbocycles. The molecular formula is C21H18FN3O4. The van der Waals surface area contributed by atoms with Crippen LogP contribution in [0.2, 0.25) is 0 Å². The van der Waals surface area contributed by atoms with Crippen molar-refractivity contribution in [3.8, 4) is 11.5 Å². The average Bonchev–Trinajstić information content (AvgIpc) is 3.40. The van der Waals surface area contributed by atoms with E-state index in [0.29, 0.717) is 59.8 Å². The van der Waals surface area contributed by atoms with Gasteiger partial charge < -0.3 is 24.3 Å². The zero-order valence-electron chi connectivity index (χ0n) is 15.5. The number of carbonyl (C=O) groups is 2. The minimum absolute atomic E-state index is 0.108. The van der Waals surface area contributed by atoms with E-state index < -0.39 is 0 Å². The van der Waals surface area contributed by atoms with Crippen molar-refractivity contribution in [3.63, 3.8) is 0 Å². The van der Waals surface area contributed by atoms with Gasteiger partial charge in [0.2, 0.25) is 6.79 Å². The average molecular weight is 395 g/mol. The highest BCUT2D eigenvalue weighted by atomic mass is 19.1. The minimum Gasteiger partial charge on any atom is -0.454 e. The molecule has 2 amide bonds. The number of hydrogen-bond donors (Lipinski definition) is 1. The normalized spacial score (nSPS) is 15.8. The van der Waals surface area contributed by atoms with Crippen LogP contribution < -0.4 is 9.47 Å². The number of ether oxygens (including phenoxy) is 2. The topological polar surface area (TPSA) is 74.9 Å². The van der Waals surface area contributed by atoms with Crippen molar-refractivity contribution in [1.29, 1.82) is 0 Å². The number of nitrogens with one attached hydrogen (secondary N) is 1. The first kappa shape index (κ1) is 17.5. The summed E-state index contributed by atoms with van der Waals surface area (Å²) in [7, 11) is 0. The summed E-state index contributed by atoms with van der Waals surface area (Å²) in [6.07, 6.45) is 0. The molecule has 0 saturated carbocycles. The minimum atomic E-state index is -0.364. The quantitative estimate of drug-likeness (QED) is 0.724. The summed E-state index contributed by atoms with van der Waals surface area (Å²) in [4.78, 5) is 31.9. The predicted octanol–water partition coefficient (Wildman–Crippen LogP) is 2.63. The number of hydrogen-bond acceptors (Lipinski definition) is 4. The molecule has 5 rings (SSSR count). The largest absolute Gasteiger partial charge is 0.454 e. The molecule has 3 heterocycles. The van der Waals surface area contributed by atoms with E-state index >= 15 is 0 Å². The van der Waals surface area contributed by atoms with Gasteiger partial charge in [0, 0.05) is 42.6 Å². The van der Waals surface area contributed by atoms with Crippen molar-refractivity contribution in [2.45, 2.75) is 0 Å². The van der Waals surface area contributed by atoms with Crippen LogP contribution >= 0.6 is 0 Å². The number of rotatable bonds is 2. The number of aromatic amines is 1. The van der Waals surface area contributed by atoms with Gasteiger partial charge in [-0.05, 0) is 36.4 Å².